The molecule has 31 heavy (non-hydrogen) atoms. The maximum absolute atomic E-state index is 13.8. The zero-order valence-electron chi connectivity index (χ0n) is 17.4. The van der Waals surface area contributed by atoms with Crippen LogP contribution in [0.3, 0.4) is 0 Å². The Bertz CT molecular complexity index is 822. The predicted octanol–water partition coefficient (Wildman–Crippen LogP) is 2.77. The van der Waals surface area contributed by atoms with Crippen molar-refractivity contribution in [1.82, 2.24) is 14.7 Å². The maximum atomic E-state index is 13.8. The Balaban J connectivity index is 1.56. The van der Waals surface area contributed by atoms with Gasteiger partial charge in [0.1, 0.15) is 17.5 Å². The van der Waals surface area contributed by atoms with Crippen LogP contribution in [-0.2, 0) is 14.3 Å². The smallest absolute Gasteiger partial charge is 0.410 e. The number of carbonyl (C=O) groups is 2. The Kier molecular flexibility index (Phi) is 6.14. The molecule has 1 N–H and O–H groups in total. The van der Waals surface area contributed by atoms with E-state index in [1.54, 1.807) is 11.8 Å². The number of ether oxygens (including phenoxy) is 2. The van der Waals surface area contributed by atoms with Gasteiger partial charge in [0.05, 0.1) is 12.8 Å². The Labute approximate surface area is 178 Å². The number of aromatic nitrogens is 2. The molecule has 2 fully saturated rings. The first kappa shape index (κ1) is 21.9. The number of esters is 1. The average molecular weight is 444 g/mol. The molecule has 0 bridgehead atoms. The van der Waals surface area contributed by atoms with Crippen molar-refractivity contribution >= 4 is 17.7 Å². The standard InChI is InChI=1S/C20H27F3N4O4/c1-2-30-19(29)13-10-24-27-16(20(21,22)23)9-14(25-17(13)27)12-5-3-7-26(11-12)18(28)15-6-4-8-31-15/h10,12,14-16,25H,2-9,11H2,1H3/t12-,14+,15-,16-/m1/s1. The zero-order valence-corrected chi connectivity index (χ0v) is 17.4. The van der Waals surface area contributed by atoms with Crippen molar-refractivity contribution in [2.75, 3.05) is 31.6 Å². The second-order valence-corrected chi connectivity index (χ2v) is 8.30. The first-order valence-electron chi connectivity index (χ1n) is 10.8. The summed E-state index contributed by atoms with van der Waals surface area (Å²) in [6.45, 7) is 3.25. The summed E-state index contributed by atoms with van der Waals surface area (Å²) in [6.07, 6.45) is -1.14. The summed E-state index contributed by atoms with van der Waals surface area (Å²) < 4.78 is 52.8. The average Bonchev–Trinajstić information content (AvgIpc) is 3.42. The molecule has 0 unspecified atom stereocenters. The molecule has 1 aromatic rings. The molecule has 0 saturated carbocycles. The number of anilines is 1. The fraction of sp³-hybridized carbons (Fsp3) is 0.750. The SMILES string of the molecule is CCOC(=O)c1cnn2c1N[C@H]([C@@H]1CCCN(C(=O)[C@H]3CCCO3)C1)C[C@@H]2C(F)(F)F. The minimum absolute atomic E-state index is 0.0103. The highest BCUT2D eigenvalue weighted by Gasteiger charge is 2.49. The van der Waals surface area contributed by atoms with Crippen molar-refractivity contribution in [1.29, 1.82) is 0 Å². The largest absolute Gasteiger partial charge is 0.462 e. The molecule has 4 heterocycles. The van der Waals surface area contributed by atoms with Crippen LogP contribution in [0.25, 0.3) is 0 Å². The second-order valence-electron chi connectivity index (χ2n) is 8.30. The van der Waals surface area contributed by atoms with E-state index in [9.17, 15) is 22.8 Å². The lowest BCUT2D eigenvalue weighted by atomic mass is 9.85. The van der Waals surface area contributed by atoms with Crippen LogP contribution in [-0.4, -0.2) is 71.2 Å². The summed E-state index contributed by atoms with van der Waals surface area (Å²) >= 11 is 0. The minimum atomic E-state index is -4.52. The molecule has 0 radical (unpaired) electrons. The van der Waals surface area contributed by atoms with E-state index in [4.69, 9.17) is 9.47 Å². The van der Waals surface area contributed by atoms with Gasteiger partial charge in [0.15, 0.2) is 6.04 Å². The number of nitrogens with one attached hydrogen (secondary N) is 1. The third-order valence-electron chi connectivity index (χ3n) is 6.31. The monoisotopic (exact) mass is 444 g/mol. The lowest BCUT2D eigenvalue weighted by Crippen LogP contribution is -2.51. The van der Waals surface area contributed by atoms with Crippen LogP contribution >= 0.6 is 0 Å². The maximum Gasteiger partial charge on any atom is 0.410 e. The summed E-state index contributed by atoms with van der Waals surface area (Å²) in [5.74, 6) is -0.943. The fourth-order valence-electron chi connectivity index (χ4n) is 4.77. The van der Waals surface area contributed by atoms with Crippen molar-refractivity contribution in [2.45, 2.75) is 63.4 Å². The Hall–Kier alpha value is -2.30. The van der Waals surface area contributed by atoms with Crippen molar-refractivity contribution in [3.05, 3.63) is 11.8 Å². The molecule has 0 aromatic carbocycles. The molecule has 1 amide bonds. The topological polar surface area (TPSA) is 85.7 Å². The highest BCUT2D eigenvalue weighted by molar-refractivity contribution is 5.94. The number of halogens is 3. The molecule has 2 saturated heterocycles. The highest BCUT2D eigenvalue weighted by atomic mass is 19.4. The number of alkyl halides is 3. The Morgan fingerprint density at radius 2 is 2.13 bits per heavy atom. The summed E-state index contributed by atoms with van der Waals surface area (Å²) in [7, 11) is 0. The van der Waals surface area contributed by atoms with Crippen LogP contribution in [0.4, 0.5) is 19.0 Å². The number of carbonyl (C=O) groups excluding carboxylic acids is 2. The lowest BCUT2D eigenvalue weighted by molar-refractivity contribution is -0.175. The van der Waals surface area contributed by atoms with E-state index in [-0.39, 0.29) is 36.2 Å². The van der Waals surface area contributed by atoms with Crippen molar-refractivity contribution in [3.63, 3.8) is 0 Å². The number of hydrogen-bond donors (Lipinski definition) is 1. The molecule has 0 aliphatic carbocycles. The summed E-state index contributed by atoms with van der Waals surface area (Å²) in [6, 6.07) is -2.40. The molecule has 3 aliphatic rings. The minimum Gasteiger partial charge on any atom is -0.462 e. The molecule has 0 spiro atoms. The quantitative estimate of drug-likeness (QED) is 0.719. The van der Waals surface area contributed by atoms with Crippen molar-refractivity contribution in [3.8, 4) is 0 Å². The molecule has 3 aliphatic heterocycles. The Morgan fingerprint density at radius 3 is 2.81 bits per heavy atom. The van der Waals surface area contributed by atoms with Gasteiger partial charge in [-0.1, -0.05) is 0 Å². The van der Waals surface area contributed by atoms with Gasteiger partial charge < -0.3 is 19.7 Å². The van der Waals surface area contributed by atoms with Gasteiger partial charge in [-0.3, -0.25) is 4.79 Å². The van der Waals surface area contributed by atoms with Crippen LogP contribution in [0.15, 0.2) is 6.20 Å². The third kappa shape index (κ3) is 4.37. The van der Waals surface area contributed by atoms with E-state index in [2.05, 4.69) is 10.4 Å². The molecule has 172 valence electrons. The van der Waals surface area contributed by atoms with Crippen LogP contribution < -0.4 is 5.32 Å². The molecule has 11 heteroatoms. The van der Waals surface area contributed by atoms with Crippen molar-refractivity contribution in [2.24, 2.45) is 5.92 Å². The summed E-state index contributed by atoms with van der Waals surface area (Å²) in [4.78, 5) is 26.7. The molecular weight excluding hydrogens is 417 g/mol. The van der Waals surface area contributed by atoms with Crippen LogP contribution in [0.1, 0.15) is 55.4 Å². The number of piperidine rings is 1. The molecule has 1 aromatic heterocycles. The predicted molar refractivity (Wildman–Crippen MR) is 104 cm³/mol. The van der Waals surface area contributed by atoms with E-state index in [0.717, 1.165) is 17.3 Å². The first-order valence-corrected chi connectivity index (χ1v) is 10.8. The fourth-order valence-corrected chi connectivity index (χ4v) is 4.77. The van der Waals surface area contributed by atoms with Crippen LogP contribution in [0.2, 0.25) is 0 Å². The number of nitrogens with zero attached hydrogens (tertiary/aromatic N) is 3. The van der Waals surface area contributed by atoms with E-state index < -0.39 is 30.3 Å². The van der Waals surface area contributed by atoms with E-state index in [1.165, 1.54) is 0 Å². The molecular formula is C20H27F3N4O4. The van der Waals surface area contributed by atoms with Gasteiger partial charge in [0.25, 0.3) is 5.91 Å². The number of hydrogen-bond acceptors (Lipinski definition) is 6. The van der Waals surface area contributed by atoms with Crippen molar-refractivity contribution < 1.29 is 32.2 Å². The van der Waals surface area contributed by atoms with Gasteiger partial charge in [-0.25, -0.2) is 9.48 Å². The van der Waals surface area contributed by atoms with Gasteiger partial charge in [-0.2, -0.15) is 18.3 Å². The number of fused-ring (bicyclic) bond motifs is 1. The van der Waals surface area contributed by atoms with E-state index in [1.807, 2.05) is 0 Å². The zero-order chi connectivity index (χ0) is 22.2. The van der Waals surface area contributed by atoms with Gasteiger partial charge >= 0.3 is 12.1 Å². The molecule has 4 rings (SSSR count). The van der Waals surface area contributed by atoms with Crippen LogP contribution in [0, 0.1) is 5.92 Å². The normalized spacial score (nSPS) is 28.7. The second kappa shape index (κ2) is 8.68. The number of rotatable bonds is 4. The molecule has 8 nitrogen and oxygen atoms in total. The third-order valence-corrected chi connectivity index (χ3v) is 6.31. The number of likely N-dealkylation sites (tertiary alicyclic amines) is 1. The van der Waals surface area contributed by atoms with Crippen LogP contribution in [0.5, 0.6) is 0 Å². The molecule has 4 atom stereocenters. The van der Waals surface area contributed by atoms with E-state index in [0.29, 0.717) is 39.0 Å². The first-order chi connectivity index (χ1) is 14.8. The Morgan fingerprint density at radius 1 is 1.32 bits per heavy atom. The summed E-state index contributed by atoms with van der Waals surface area (Å²) in [5.41, 5.74) is -0.0103. The van der Waals surface area contributed by atoms with Gasteiger partial charge in [-0.05, 0) is 44.9 Å². The van der Waals surface area contributed by atoms with Gasteiger partial charge in [-0.15, -0.1) is 0 Å². The lowest BCUT2D eigenvalue weighted by Gasteiger charge is -2.42. The van der Waals surface area contributed by atoms with Gasteiger partial charge in [0.2, 0.25) is 0 Å². The summed E-state index contributed by atoms with van der Waals surface area (Å²) in [5, 5.41) is 6.95. The number of amides is 1. The highest BCUT2D eigenvalue weighted by Crippen LogP contribution is 2.42. The van der Waals surface area contributed by atoms with Gasteiger partial charge in [0, 0.05) is 25.7 Å². The van der Waals surface area contributed by atoms with E-state index >= 15 is 0 Å².